The van der Waals surface area contributed by atoms with Gasteiger partial charge in [0.2, 0.25) is 0 Å². The fraction of sp³-hybridized carbons (Fsp3) is 0.480. The van der Waals surface area contributed by atoms with Crippen molar-refractivity contribution < 1.29 is 14.6 Å². The third kappa shape index (κ3) is 4.18. The molecule has 0 spiro atoms. The van der Waals surface area contributed by atoms with Gasteiger partial charge in [-0.15, -0.1) is 0 Å². The predicted molar refractivity (Wildman–Crippen MR) is 114 cm³/mol. The monoisotopic (exact) mass is 393 g/mol. The van der Waals surface area contributed by atoms with Crippen LogP contribution in [0, 0.1) is 0 Å². The molecule has 1 N–H and O–H groups in total. The number of ether oxygens (including phenoxy) is 1. The second-order valence-corrected chi connectivity index (χ2v) is 8.91. The van der Waals surface area contributed by atoms with Crippen molar-refractivity contribution in [3.8, 4) is 0 Å². The van der Waals surface area contributed by atoms with E-state index < -0.39 is 5.60 Å². The molecule has 2 aliphatic heterocycles. The molecule has 0 saturated carbocycles. The van der Waals surface area contributed by atoms with E-state index in [4.69, 9.17) is 4.74 Å². The van der Waals surface area contributed by atoms with Crippen LogP contribution in [0.5, 0.6) is 0 Å². The molecule has 4 rings (SSSR count). The van der Waals surface area contributed by atoms with E-state index in [1.807, 2.05) is 47.4 Å². The topological polar surface area (TPSA) is 49.8 Å². The quantitative estimate of drug-likeness (QED) is 0.762. The number of rotatable bonds is 4. The summed E-state index contributed by atoms with van der Waals surface area (Å²) in [4.78, 5) is 14.8. The standard InChI is InChI=1S/C25H31NO3/c1-18(2)20-10-6-11-21(14-20)25(28)15-22-12-7-13-23(16-25)26(22)24(27)29-17-19-8-4-3-5-9-19/h3-6,8-11,14,18,22-23,28H,7,12-13,15-17H2,1-2H3. The van der Waals surface area contributed by atoms with Crippen molar-refractivity contribution in [1.29, 1.82) is 0 Å². The van der Waals surface area contributed by atoms with Gasteiger partial charge in [0.05, 0.1) is 5.60 Å². The first-order valence-corrected chi connectivity index (χ1v) is 10.8. The molecule has 4 nitrogen and oxygen atoms in total. The summed E-state index contributed by atoms with van der Waals surface area (Å²) in [5.41, 5.74) is 2.34. The number of benzene rings is 2. The van der Waals surface area contributed by atoms with Crippen LogP contribution in [0.1, 0.15) is 68.6 Å². The predicted octanol–water partition coefficient (Wildman–Crippen LogP) is 5.35. The van der Waals surface area contributed by atoms with Crippen molar-refractivity contribution in [2.75, 3.05) is 0 Å². The van der Waals surface area contributed by atoms with Crippen LogP contribution in [0.25, 0.3) is 0 Å². The molecule has 29 heavy (non-hydrogen) atoms. The normalized spacial score (nSPS) is 26.4. The Kier molecular flexibility index (Phi) is 5.64. The SMILES string of the molecule is CC(C)c1cccc(C2(O)CC3CCCC(C2)N3C(=O)OCc2ccccc2)c1. The van der Waals surface area contributed by atoms with E-state index in [2.05, 4.69) is 26.0 Å². The van der Waals surface area contributed by atoms with Gasteiger partial charge in [-0.25, -0.2) is 4.79 Å². The summed E-state index contributed by atoms with van der Waals surface area (Å²) in [6.45, 7) is 4.63. The van der Waals surface area contributed by atoms with Gasteiger partial charge in [-0.05, 0) is 41.9 Å². The van der Waals surface area contributed by atoms with Gasteiger partial charge in [-0.2, -0.15) is 0 Å². The average molecular weight is 394 g/mol. The van der Waals surface area contributed by atoms with E-state index in [0.29, 0.717) is 18.8 Å². The number of amides is 1. The summed E-state index contributed by atoms with van der Waals surface area (Å²) >= 11 is 0. The van der Waals surface area contributed by atoms with Gasteiger partial charge in [0.25, 0.3) is 0 Å². The molecule has 0 radical (unpaired) electrons. The highest BCUT2D eigenvalue weighted by molar-refractivity contribution is 5.69. The first-order valence-electron chi connectivity index (χ1n) is 10.8. The lowest BCUT2D eigenvalue weighted by atomic mass is 9.72. The lowest BCUT2D eigenvalue weighted by Gasteiger charge is -2.51. The molecule has 2 aromatic rings. The largest absolute Gasteiger partial charge is 0.445 e. The van der Waals surface area contributed by atoms with Crippen molar-refractivity contribution in [2.24, 2.45) is 0 Å². The molecule has 0 aliphatic carbocycles. The molecule has 2 unspecified atom stereocenters. The Bertz CT molecular complexity index is 834. The molecular formula is C25H31NO3. The first-order chi connectivity index (χ1) is 14.0. The molecule has 4 heteroatoms. The Labute approximate surface area is 173 Å². The molecule has 154 valence electrons. The lowest BCUT2D eigenvalue weighted by Crippen LogP contribution is -2.58. The molecule has 2 bridgehead atoms. The van der Waals surface area contributed by atoms with Gasteiger partial charge in [0.1, 0.15) is 6.61 Å². The summed E-state index contributed by atoms with van der Waals surface area (Å²) in [5.74, 6) is 0.422. The van der Waals surface area contributed by atoms with Crippen molar-refractivity contribution in [3.63, 3.8) is 0 Å². The maximum atomic E-state index is 12.9. The number of fused-ring (bicyclic) bond motifs is 2. The Morgan fingerprint density at radius 2 is 1.79 bits per heavy atom. The molecule has 2 fully saturated rings. The van der Waals surface area contributed by atoms with Crippen LogP contribution in [0.15, 0.2) is 54.6 Å². The minimum atomic E-state index is -0.878. The van der Waals surface area contributed by atoms with Crippen molar-refractivity contribution in [3.05, 3.63) is 71.3 Å². The number of hydrogen-bond acceptors (Lipinski definition) is 3. The maximum Gasteiger partial charge on any atom is 0.410 e. The van der Waals surface area contributed by atoms with Crippen molar-refractivity contribution >= 4 is 6.09 Å². The number of nitrogens with zero attached hydrogens (tertiary/aromatic N) is 1. The minimum absolute atomic E-state index is 0.0264. The molecule has 2 aromatic carbocycles. The molecule has 2 aliphatic rings. The Balaban J connectivity index is 1.50. The van der Waals surface area contributed by atoms with E-state index in [0.717, 1.165) is 30.4 Å². The Morgan fingerprint density at radius 3 is 2.45 bits per heavy atom. The van der Waals surface area contributed by atoms with E-state index >= 15 is 0 Å². The van der Waals surface area contributed by atoms with Gasteiger partial charge in [0.15, 0.2) is 0 Å². The third-order valence-corrected chi connectivity index (χ3v) is 6.51. The summed E-state index contributed by atoms with van der Waals surface area (Å²) in [6.07, 6.45) is 3.84. The van der Waals surface area contributed by atoms with Gasteiger partial charge in [-0.1, -0.05) is 68.4 Å². The van der Waals surface area contributed by atoms with Crippen LogP contribution in [0.4, 0.5) is 4.79 Å². The van der Waals surface area contributed by atoms with Crippen LogP contribution in [-0.4, -0.2) is 28.2 Å². The fourth-order valence-electron chi connectivity index (χ4n) is 4.94. The Morgan fingerprint density at radius 1 is 1.10 bits per heavy atom. The lowest BCUT2D eigenvalue weighted by molar-refractivity contribution is -0.0896. The zero-order valence-electron chi connectivity index (χ0n) is 17.4. The summed E-state index contributed by atoms with van der Waals surface area (Å²) in [5, 5.41) is 11.6. The average Bonchev–Trinajstić information content (AvgIpc) is 2.72. The minimum Gasteiger partial charge on any atom is -0.445 e. The number of carbonyl (C=O) groups excluding carboxylic acids is 1. The van der Waals surface area contributed by atoms with Crippen molar-refractivity contribution in [1.82, 2.24) is 4.90 Å². The summed E-state index contributed by atoms with van der Waals surface area (Å²) in [6, 6.07) is 18.2. The van der Waals surface area contributed by atoms with Crippen LogP contribution < -0.4 is 0 Å². The number of hydrogen-bond donors (Lipinski definition) is 1. The molecule has 1 amide bonds. The maximum absolute atomic E-state index is 12.9. The van der Waals surface area contributed by atoms with E-state index in [9.17, 15) is 9.90 Å². The molecule has 0 aromatic heterocycles. The zero-order valence-corrected chi connectivity index (χ0v) is 17.4. The molecule has 2 heterocycles. The number of aliphatic hydroxyl groups is 1. The van der Waals surface area contributed by atoms with E-state index in [1.165, 1.54) is 5.56 Å². The molecule has 2 saturated heterocycles. The second-order valence-electron chi connectivity index (χ2n) is 8.91. The summed E-state index contributed by atoms with van der Waals surface area (Å²) in [7, 11) is 0. The summed E-state index contributed by atoms with van der Waals surface area (Å²) < 4.78 is 5.63. The second kappa shape index (κ2) is 8.19. The van der Waals surface area contributed by atoms with Gasteiger partial charge >= 0.3 is 6.09 Å². The van der Waals surface area contributed by atoms with Gasteiger partial charge < -0.3 is 14.7 Å². The van der Waals surface area contributed by atoms with Crippen LogP contribution in [0.3, 0.4) is 0 Å². The third-order valence-electron chi connectivity index (χ3n) is 6.51. The van der Waals surface area contributed by atoms with E-state index in [-0.39, 0.29) is 24.8 Å². The van der Waals surface area contributed by atoms with Crippen molar-refractivity contribution in [2.45, 2.75) is 76.2 Å². The van der Waals surface area contributed by atoms with Crippen LogP contribution in [0.2, 0.25) is 0 Å². The highest BCUT2D eigenvalue weighted by Crippen LogP contribution is 2.45. The highest BCUT2D eigenvalue weighted by atomic mass is 16.6. The number of carbonyl (C=O) groups is 1. The van der Waals surface area contributed by atoms with Gasteiger partial charge in [-0.3, -0.25) is 0 Å². The fourth-order valence-corrected chi connectivity index (χ4v) is 4.94. The zero-order chi connectivity index (χ0) is 20.4. The van der Waals surface area contributed by atoms with Gasteiger partial charge in [0, 0.05) is 24.9 Å². The van der Waals surface area contributed by atoms with Crippen LogP contribution in [-0.2, 0) is 16.9 Å². The van der Waals surface area contributed by atoms with E-state index in [1.54, 1.807) is 0 Å². The van der Waals surface area contributed by atoms with Crippen LogP contribution >= 0.6 is 0 Å². The highest BCUT2D eigenvalue weighted by Gasteiger charge is 2.48. The number of piperidine rings is 2. The molecular weight excluding hydrogens is 362 g/mol. The molecule has 2 atom stereocenters. The first kappa shape index (κ1) is 20.0. The smallest absolute Gasteiger partial charge is 0.410 e. The Hall–Kier alpha value is -2.33.